The number of amides is 1. The van der Waals surface area contributed by atoms with E-state index in [9.17, 15) is 4.79 Å². The Morgan fingerprint density at radius 2 is 1.73 bits per heavy atom. The molecular weight excluding hydrogens is 336 g/mol. The molecule has 0 saturated carbocycles. The highest BCUT2D eigenvalue weighted by Gasteiger charge is 2.18. The van der Waals surface area contributed by atoms with Gasteiger partial charge in [-0.25, -0.2) is 4.98 Å². The van der Waals surface area contributed by atoms with Gasteiger partial charge in [-0.05, 0) is 12.1 Å². The number of hydrogen-bond donors (Lipinski definition) is 1. The van der Waals surface area contributed by atoms with E-state index >= 15 is 0 Å². The van der Waals surface area contributed by atoms with E-state index in [1.165, 1.54) is 27.7 Å². The predicted molar refractivity (Wildman–Crippen MR) is 96.0 cm³/mol. The summed E-state index contributed by atoms with van der Waals surface area (Å²) in [5, 5.41) is 2.85. The number of rotatable bonds is 6. The molecule has 1 aromatic heterocycles. The molecule has 0 unspecified atom stereocenters. The number of ether oxygens (including phenoxy) is 3. The average Bonchev–Trinajstić information content (AvgIpc) is 3.21. The highest BCUT2D eigenvalue weighted by Crippen LogP contribution is 2.35. The van der Waals surface area contributed by atoms with E-state index in [1.54, 1.807) is 30.5 Å². The van der Waals surface area contributed by atoms with Crippen LogP contribution in [0.4, 0.5) is 5.69 Å². The molecule has 0 aliphatic rings. The van der Waals surface area contributed by atoms with E-state index in [0.717, 1.165) is 5.56 Å². The molecule has 7 heteroatoms. The van der Waals surface area contributed by atoms with Gasteiger partial charge in [0, 0.05) is 23.4 Å². The molecule has 1 amide bonds. The van der Waals surface area contributed by atoms with Crippen molar-refractivity contribution in [3.05, 3.63) is 54.6 Å². The maximum Gasteiger partial charge on any atom is 0.259 e. The molecule has 1 N–H and O–H groups in total. The average molecular weight is 354 g/mol. The Hall–Kier alpha value is -3.48. The zero-order valence-corrected chi connectivity index (χ0v) is 14.6. The summed E-state index contributed by atoms with van der Waals surface area (Å²) in [4.78, 5) is 16.6. The number of carbonyl (C=O) groups is 1. The van der Waals surface area contributed by atoms with Gasteiger partial charge < -0.3 is 23.9 Å². The molecule has 3 aromatic rings. The summed E-state index contributed by atoms with van der Waals surface area (Å²) in [6, 6.07) is 10.5. The van der Waals surface area contributed by atoms with Gasteiger partial charge in [0.25, 0.3) is 5.91 Å². The number of carbonyl (C=O) groups excluding carboxylic acids is 1. The lowest BCUT2D eigenvalue weighted by atomic mass is 10.1. The fourth-order valence-electron chi connectivity index (χ4n) is 2.51. The Labute approximate surface area is 150 Å². The van der Waals surface area contributed by atoms with Crippen LogP contribution in [0.5, 0.6) is 17.2 Å². The first-order chi connectivity index (χ1) is 12.7. The third-order valence-corrected chi connectivity index (χ3v) is 3.79. The van der Waals surface area contributed by atoms with Crippen molar-refractivity contribution in [3.63, 3.8) is 0 Å². The number of hydrogen-bond acceptors (Lipinski definition) is 6. The number of anilines is 1. The molecule has 0 atom stereocenters. The topological polar surface area (TPSA) is 82.8 Å². The van der Waals surface area contributed by atoms with E-state index < -0.39 is 0 Å². The van der Waals surface area contributed by atoms with Gasteiger partial charge in [0.2, 0.25) is 0 Å². The Morgan fingerprint density at radius 3 is 2.38 bits per heavy atom. The van der Waals surface area contributed by atoms with Crippen molar-refractivity contribution in [1.29, 1.82) is 0 Å². The normalized spacial score (nSPS) is 10.3. The van der Waals surface area contributed by atoms with E-state index in [4.69, 9.17) is 18.6 Å². The zero-order valence-electron chi connectivity index (χ0n) is 14.6. The lowest BCUT2D eigenvalue weighted by molar-refractivity contribution is 0.102. The molecule has 134 valence electrons. The van der Waals surface area contributed by atoms with Gasteiger partial charge in [0.15, 0.2) is 23.7 Å². The summed E-state index contributed by atoms with van der Waals surface area (Å²) < 4.78 is 21.1. The predicted octanol–water partition coefficient (Wildman–Crippen LogP) is 3.62. The lowest BCUT2D eigenvalue weighted by Gasteiger charge is -2.14. The van der Waals surface area contributed by atoms with Crippen LogP contribution in [-0.4, -0.2) is 32.2 Å². The van der Waals surface area contributed by atoms with Gasteiger partial charge in [0.05, 0.1) is 33.1 Å². The van der Waals surface area contributed by atoms with Gasteiger partial charge >= 0.3 is 0 Å². The minimum atomic E-state index is -0.336. The molecule has 7 nitrogen and oxygen atoms in total. The molecule has 1 heterocycles. The van der Waals surface area contributed by atoms with Crippen molar-refractivity contribution in [1.82, 2.24) is 4.98 Å². The van der Waals surface area contributed by atoms with Crippen LogP contribution in [0.2, 0.25) is 0 Å². The number of benzene rings is 2. The molecule has 0 spiro atoms. The second-order valence-electron chi connectivity index (χ2n) is 5.31. The third kappa shape index (κ3) is 3.46. The third-order valence-electron chi connectivity index (χ3n) is 3.79. The van der Waals surface area contributed by atoms with Gasteiger partial charge in [0.1, 0.15) is 5.75 Å². The molecule has 26 heavy (non-hydrogen) atoms. The number of methoxy groups -OCH3 is 3. The molecule has 0 aliphatic heterocycles. The van der Waals surface area contributed by atoms with Crippen LogP contribution in [0.25, 0.3) is 11.3 Å². The summed E-state index contributed by atoms with van der Waals surface area (Å²) in [5.41, 5.74) is 1.75. The van der Waals surface area contributed by atoms with Crippen LogP contribution in [0.1, 0.15) is 10.4 Å². The smallest absolute Gasteiger partial charge is 0.259 e. The number of nitrogens with zero attached hydrogens (tertiary/aromatic N) is 1. The van der Waals surface area contributed by atoms with Crippen molar-refractivity contribution >= 4 is 11.6 Å². The minimum Gasteiger partial charge on any atom is -0.496 e. The molecule has 0 saturated heterocycles. The largest absolute Gasteiger partial charge is 0.496 e. The SMILES string of the molecule is COc1cc(OC)c(C(=O)Nc2cccc(-c3cnco3)c2)cc1OC. The minimum absolute atomic E-state index is 0.329. The molecule has 0 bridgehead atoms. The fraction of sp³-hybridized carbons (Fsp3) is 0.158. The highest BCUT2D eigenvalue weighted by molar-refractivity contribution is 6.07. The van der Waals surface area contributed by atoms with Gasteiger partial charge in [-0.15, -0.1) is 0 Å². The van der Waals surface area contributed by atoms with E-state index in [1.807, 2.05) is 12.1 Å². The van der Waals surface area contributed by atoms with Gasteiger partial charge in [-0.2, -0.15) is 0 Å². The van der Waals surface area contributed by atoms with E-state index in [0.29, 0.717) is 34.3 Å². The summed E-state index contributed by atoms with van der Waals surface area (Å²) >= 11 is 0. The number of nitrogens with one attached hydrogen (secondary N) is 1. The van der Waals surface area contributed by atoms with Crippen molar-refractivity contribution in [2.45, 2.75) is 0 Å². The van der Waals surface area contributed by atoms with Crippen LogP contribution in [-0.2, 0) is 0 Å². The summed E-state index contributed by atoms with van der Waals surface area (Å²) in [5.74, 6) is 1.58. The fourth-order valence-corrected chi connectivity index (χ4v) is 2.51. The Bertz CT molecular complexity index is 906. The maximum absolute atomic E-state index is 12.7. The molecule has 0 radical (unpaired) electrons. The van der Waals surface area contributed by atoms with Crippen molar-refractivity contribution < 1.29 is 23.4 Å². The second-order valence-corrected chi connectivity index (χ2v) is 5.31. The Kier molecular flexibility index (Phi) is 5.07. The van der Waals surface area contributed by atoms with Crippen LogP contribution in [0.3, 0.4) is 0 Å². The van der Waals surface area contributed by atoms with Gasteiger partial charge in [-0.1, -0.05) is 12.1 Å². The van der Waals surface area contributed by atoms with Crippen molar-refractivity contribution in [3.8, 4) is 28.6 Å². The maximum atomic E-state index is 12.7. The first-order valence-corrected chi connectivity index (χ1v) is 7.76. The Morgan fingerprint density at radius 1 is 1.00 bits per heavy atom. The van der Waals surface area contributed by atoms with Gasteiger partial charge in [-0.3, -0.25) is 4.79 Å². The summed E-state index contributed by atoms with van der Waals surface area (Å²) in [6.07, 6.45) is 2.97. The highest BCUT2D eigenvalue weighted by atomic mass is 16.5. The quantitative estimate of drug-likeness (QED) is 0.728. The number of oxazole rings is 1. The van der Waals surface area contributed by atoms with E-state index in [-0.39, 0.29) is 5.91 Å². The Balaban J connectivity index is 1.90. The van der Waals surface area contributed by atoms with Crippen molar-refractivity contribution in [2.24, 2.45) is 0 Å². The van der Waals surface area contributed by atoms with Crippen molar-refractivity contribution in [2.75, 3.05) is 26.6 Å². The standard InChI is InChI=1S/C19H18N2O5/c1-23-15-9-17(25-3)16(24-2)8-14(15)19(22)21-13-6-4-5-12(7-13)18-10-20-11-26-18/h4-11H,1-3H3,(H,21,22). The molecular formula is C19H18N2O5. The molecule has 0 aliphatic carbocycles. The van der Waals surface area contributed by atoms with Crippen LogP contribution in [0, 0.1) is 0 Å². The van der Waals surface area contributed by atoms with E-state index in [2.05, 4.69) is 10.3 Å². The molecule has 3 rings (SSSR count). The van der Waals surface area contributed by atoms with Crippen LogP contribution >= 0.6 is 0 Å². The van der Waals surface area contributed by atoms with Crippen LogP contribution in [0.15, 0.2) is 53.4 Å². The summed E-state index contributed by atoms with van der Waals surface area (Å²) in [6.45, 7) is 0. The number of aromatic nitrogens is 1. The van der Waals surface area contributed by atoms with Crippen LogP contribution < -0.4 is 19.5 Å². The second kappa shape index (κ2) is 7.60. The first kappa shape index (κ1) is 17.3. The molecule has 0 fully saturated rings. The monoisotopic (exact) mass is 354 g/mol. The first-order valence-electron chi connectivity index (χ1n) is 7.76. The molecule has 2 aromatic carbocycles. The summed E-state index contributed by atoms with van der Waals surface area (Å²) in [7, 11) is 4.52. The zero-order chi connectivity index (χ0) is 18.5. The lowest BCUT2D eigenvalue weighted by Crippen LogP contribution is -2.13.